The Morgan fingerprint density at radius 3 is 0.606 bits per heavy atom. The molecule has 6 heterocycles. The quantitative estimate of drug-likeness (QED) is 0.0244. The molecule has 99 heavy (non-hydrogen) atoms. The Bertz CT molecular complexity index is 4030. The van der Waals surface area contributed by atoms with Gasteiger partial charge in [-0.05, 0) is 48.5 Å². The monoisotopic (exact) mass is 1480 g/mol. The van der Waals surface area contributed by atoms with Crippen LogP contribution in [0.15, 0.2) is 97.6 Å². The molecule has 0 bridgehead atoms. The first kappa shape index (κ1) is 79.4. The van der Waals surface area contributed by atoms with E-state index in [1.807, 2.05) is 0 Å². The van der Waals surface area contributed by atoms with Crippen molar-refractivity contribution in [3.05, 3.63) is 225 Å². The van der Waals surface area contributed by atoms with Crippen LogP contribution in [0.2, 0.25) is 0 Å². The van der Waals surface area contributed by atoms with Crippen LogP contribution in [0.1, 0.15) is 13.8 Å². The molecule has 10 aromatic rings. The second-order valence-electron chi connectivity index (χ2n) is 16.5. The Hall–Kier alpha value is -12.0. The molecular weight excluding hydrogens is 1460 g/mol. The molecule has 0 unspecified atom stereocenters. The van der Waals surface area contributed by atoms with E-state index in [-0.39, 0.29) is 40.3 Å². The number of thiocarbonyl (C=S) groups is 2. The molecule has 10 rings (SSSR count). The van der Waals surface area contributed by atoms with Crippen LogP contribution >= 0.6 is 24.4 Å². The Labute approximate surface area is 559 Å². The summed E-state index contributed by atoms with van der Waals surface area (Å²) in [7, 11) is 0. The van der Waals surface area contributed by atoms with Gasteiger partial charge in [-0.15, -0.1) is 9.97 Å². The molecule has 4 aromatic carbocycles. The van der Waals surface area contributed by atoms with Gasteiger partial charge >= 0.3 is 41.1 Å². The number of benzene rings is 4. The van der Waals surface area contributed by atoms with Gasteiger partial charge in [0, 0.05) is 38.6 Å². The molecule has 510 valence electrons. The first-order chi connectivity index (χ1) is 46.6. The number of hydrogen-bond acceptors (Lipinski definition) is 20. The molecule has 0 spiro atoms. The summed E-state index contributed by atoms with van der Waals surface area (Å²) in [5.41, 5.74) is 0. The van der Waals surface area contributed by atoms with Gasteiger partial charge in [0.1, 0.15) is 23.3 Å². The molecule has 0 aliphatic carbocycles. The van der Waals surface area contributed by atoms with Crippen LogP contribution in [-0.4, -0.2) is 60.2 Å². The van der Waals surface area contributed by atoms with Crippen molar-refractivity contribution >= 4 is 69.9 Å². The van der Waals surface area contributed by atoms with Gasteiger partial charge in [0.05, 0.1) is 12.1 Å². The summed E-state index contributed by atoms with van der Waals surface area (Å²) in [5, 5.41) is 31.6. The molecule has 43 heteroatoms. The summed E-state index contributed by atoms with van der Waals surface area (Å²) in [5.74, 6) is -58.5. The molecule has 20 nitrogen and oxygen atoms in total. The Kier molecular flexibility index (Phi) is 29.5. The summed E-state index contributed by atoms with van der Waals surface area (Å²) in [6.07, 6.45) is 5.13. The van der Waals surface area contributed by atoms with Crippen molar-refractivity contribution in [3.63, 3.8) is 0 Å². The van der Waals surface area contributed by atoms with Crippen LogP contribution in [0.25, 0.3) is 10.8 Å². The van der Waals surface area contributed by atoms with E-state index in [0.717, 1.165) is 9.80 Å². The van der Waals surface area contributed by atoms with E-state index in [0.29, 0.717) is 0 Å². The van der Waals surface area contributed by atoms with Gasteiger partial charge in [0.2, 0.25) is 151 Å². The van der Waals surface area contributed by atoms with Crippen molar-refractivity contribution in [1.29, 1.82) is 10.5 Å². The third-order valence-corrected chi connectivity index (χ3v) is 10.5. The number of hydrogen-bond donors (Lipinski definition) is 0. The zero-order chi connectivity index (χ0) is 72.8. The molecule has 0 saturated carbocycles. The fourth-order valence-corrected chi connectivity index (χ4v) is 6.69. The number of rotatable bonds is 14. The molecule has 0 N–H and O–H groups in total. The maximum Gasteiger partial charge on any atom is 2.00 e. The molecular formula is C56H22F20FeN16O4S2. The van der Waals surface area contributed by atoms with E-state index in [2.05, 4.69) is 74.3 Å². The Morgan fingerprint density at radius 1 is 0.313 bits per heavy atom. The summed E-state index contributed by atoms with van der Waals surface area (Å²) >= 11 is 7.40. The van der Waals surface area contributed by atoms with E-state index in [1.165, 1.54) is 122 Å². The molecule has 0 saturated heterocycles. The van der Waals surface area contributed by atoms with Crippen LogP contribution in [0, 0.1) is 139 Å². The molecule has 0 radical (unpaired) electrons. The standard InChI is InChI=1S/2C25H8F10N6O2.2C2H3N.2CNS.Fe/c2*26-11-13(28)17(32)21(18(33)14(11)29)42-24-38-23(41(9-5-1-3-7-36-9)10-6-2-4-8-37-10)39-25(40-24)43-22-19(34)15(30)12(27)16(31)20(22)35;2*1-2-3;2*2-1-3;/h2*1-8H;2*1H3;;;/q;;;;2*-1;+2. The number of pyridine rings is 4. The van der Waals surface area contributed by atoms with Gasteiger partial charge in [0.25, 0.3) is 0 Å². The number of isothiocyanates is 2. The minimum atomic E-state index is -2.52. The van der Waals surface area contributed by atoms with E-state index >= 15 is 0 Å². The third kappa shape index (κ3) is 18.7. The van der Waals surface area contributed by atoms with Crippen molar-refractivity contribution in [2.45, 2.75) is 13.8 Å². The summed E-state index contributed by atoms with van der Waals surface area (Å²) in [6.45, 7) is 2.86. The average Bonchev–Trinajstić information content (AvgIpc) is 0.788. The van der Waals surface area contributed by atoms with Gasteiger partial charge < -0.3 is 29.8 Å². The van der Waals surface area contributed by atoms with Crippen LogP contribution < -0.4 is 28.7 Å². The van der Waals surface area contributed by atoms with Crippen LogP contribution in [-0.2, 0) is 17.1 Å². The minimum absolute atomic E-state index is 0. The number of halogens is 20. The number of nitrogens with zero attached hydrogens (tertiary/aromatic N) is 16. The second-order valence-corrected chi connectivity index (χ2v) is 16.8. The summed E-state index contributed by atoms with van der Waals surface area (Å²) < 4.78 is 298. The van der Waals surface area contributed by atoms with Crippen LogP contribution in [0.4, 0.5) is 123 Å². The number of aromatic nitrogens is 10. The molecule has 0 amide bonds. The Balaban J connectivity index is 0.000000359. The van der Waals surface area contributed by atoms with E-state index in [4.69, 9.17) is 40.3 Å². The van der Waals surface area contributed by atoms with Crippen LogP contribution in [0.3, 0.4) is 0 Å². The van der Waals surface area contributed by atoms with Gasteiger partial charge in [-0.2, -0.15) is 75.9 Å². The average molecular weight is 1480 g/mol. The molecule has 0 fully saturated rings. The van der Waals surface area contributed by atoms with Gasteiger partial charge in [-0.1, -0.05) is 48.7 Å². The van der Waals surface area contributed by atoms with Gasteiger partial charge in [-0.25, -0.2) is 82.4 Å². The predicted octanol–water partition coefficient (Wildman–Crippen LogP) is 16.6. The van der Waals surface area contributed by atoms with Crippen molar-refractivity contribution in [1.82, 2.24) is 49.8 Å². The van der Waals surface area contributed by atoms with E-state index in [1.54, 1.807) is 12.1 Å². The maximum absolute atomic E-state index is 14.4. The smallest absolute Gasteiger partial charge is 0.753 e. The predicted molar refractivity (Wildman–Crippen MR) is 300 cm³/mol. The largest absolute Gasteiger partial charge is 2.00 e. The van der Waals surface area contributed by atoms with E-state index in [9.17, 15) is 87.8 Å². The first-order valence-electron chi connectivity index (χ1n) is 24.8. The fourth-order valence-electron chi connectivity index (χ4n) is 6.69. The summed E-state index contributed by atoms with van der Waals surface area (Å²) in [6, 6.07) is 15.4. The number of ether oxygens (including phenoxy) is 4. The third-order valence-electron chi connectivity index (χ3n) is 10.5. The SMILES string of the molecule is CC#N.CC#N.Fc1c(F)c(F)c(Oc2nc(Oc3c(F)c(F)c(F)c(F)c3F)nc(N(c3ccccn3)c3ccccn3)n2)c(F)c1F.Fc1c(F)c(F)c(Oc2nc(Oc3c(F)c(F)c(F)c(F)c3F)nc(N(c3ccccn3)c3ccccn3)n2)c(F)c1F.[Fe+2].[N-]=C=S.[N-]=C=S. The number of nitriles is 2. The zero-order valence-electron chi connectivity index (χ0n) is 47.8. The normalized spacial score (nSPS) is 9.90. The van der Waals surface area contributed by atoms with Crippen molar-refractivity contribution in [3.8, 4) is 59.2 Å². The van der Waals surface area contributed by atoms with Gasteiger partial charge in [-0.3, -0.25) is 0 Å². The van der Waals surface area contributed by atoms with Crippen molar-refractivity contribution in [2.75, 3.05) is 9.80 Å². The second kappa shape index (κ2) is 36.8. The Morgan fingerprint density at radius 2 is 0.465 bits per heavy atom. The molecule has 0 aliphatic heterocycles. The zero-order valence-corrected chi connectivity index (χ0v) is 50.5. The molecule has 0 aliphatic rings. The maximum atomic E-state index is 14.4. The molecule has 0 atom stereocenters. The van der Waals surface area contributed by atoms with Crippen molar-refractivity contribution in [2.24, 2.45) is 0 Å². The van der Waals surface area contributed by atoms with Crippen LogP contribution in [0.5, 0.6) is 47.0 Å². The van der Waals surface area contributed by atoms with Crippen molar-refractivity contribution < 1.29 is 124 Å². The number of anilines is 6. The van der Waals surface area contributed by atoms with E-state index < -0.39 is 175 Å². The minimum Gasteiger partial charge on any atom is -0.753 e. The molecule has 6 aromatic heterocycles. The first-order valence-corrected chi connectivity index (χ1v) is 25.6. The fraction of sp³-hybridized carbons (Fsp3) is 0.0357. The topological polar surface area (TPSA) is 264 Å². The summed E-state index contributed by atoms with van der Waals surface area (Å²) in [4.78, 5) is 39.8. The van der Waals surface area contributed by atoms with Gasteiger partial charge in [0.15, 0.2) is 0 Å².